The maximum Gasteiger partial charge on any atom is 0.264 e. The van der Waals surface area contributed by atoms with Crippen molar-refractivity contribution in [2.24, 2.45) is 5.92 Å². The van der Waals surface area contributed by atoms with E-state index in [4.69, 9.17) is 11.6 Å². The monoisotopic (exact) mass is 292 g/mol. The number of halogens is 1. The van der Waals surface area contributed by atoms with Crippen LogP contribution < -0.4 is 5.01 Å². The van der Waals surface area contributed by atoms with Crippen LogP contribution in [0.1, 0.15) is 20.3 Å². The van der Waals surface area contributed by atoms with Crippen LogP contribution in [0.5, 0.6) is 0 Å². The number of anilines is 1. The van der Waals surface area contributed by atoms with E-state index in [9.17, 15) is 4.79 Å². The molecule has 0 radical (unpaired) electrons. The van der Waals surface area contributed by atoms with Crippen LogP contribution in [0.3, 0.4) is 0 Å². The highest BCUT2D eigenvalue weighted by molar-refractivity contribution is 6.33. The average molecular weight is 293 g/mol. The van der Waals surface area contributed by atoms with Crippen molar-refractivity contribution in [1.29, 1.82) is 0 Å². The van der Waals surface area contributed by atoms with E-state index in [2.05, 4.69) is 10.2 Å². The minimum atomic E-state index is -0.595. The molecule has 1 heterocycles. The lowest BCUT2D eigenvalue weighted by molar-refractivity contribution is -0.119. The predicted molar refractivity (Wildman–Crippen MR) is 78.4 cm³/mol. The molecule has 0 aliphatic carbocycles. The third kappa shape index (κ3) is 2.99. The first-order valence-corrected chi connectivity index (χ1v) is 6.96. The van der Waals surface area contributed by atoms with Crippen LogP contribution in [-0.2, 0) is 4.79 Å². The molecule has 6 heteroatoms. The predicted octanol–water partition coefficient (Wildman–Crippen LogP) is 2.73. The highest BCUT2D eigenvalue weighted by Crippen LogP contribution is 2.22. The number of amides is 1. The minimum absolute atomic E-state index is 0.0897. The van der Waals surface area contributed by atoms with E-state index in [1.54, 1.807) is 0 Å². The second-order valence-corrected chi connectivity index (χ2v) is 5.08. The Labute approximate surface area is 123 Å². The van der Waals surface area contributed by atoms with Crippen LogP contribution >= 0.6 is 11.6 Å². The van der Waals surface area contributed by atoms with Gasteiger partial charge in [0.15, 0.2) is 0 Å². The van der Waals surface area contributed by atoms with Gasteiger partial charge in [-0.15, -0.1) is 21.8 Å². The molecule has 0 bridgehead atoms. The zero-order valence-corrected chi connectivity index (χ0v) is 12.2. The smallest absolute Gasteiger partial charge is 0.264 e. The summed E-state index contributed by atoms with van der Waals surface area (Å²) in [5, 5.41) is 8.40. The summed E-state index contributed by atoms with van der Waals surface area (Å²) in [7, 11) is 0. The van der Waals surface area contributed by atoms with E-state index in [0.717, 1.165) is 12.1 Å². The van der Waals surface area contributed by atoms with E-state index in [1.165, 1.54) is 22.3 Å². The third-order valence-electron chi connectivity index (χ3n) is 3.23. The molecule has 0 saturated heterocycles. The third-order valence-corrected chi connectivity index (χ3v) is 3.84. The van der Waals surface area contributed by atoms with Gasteiger partial charge < -0.3 is 0 Å². The number of hydrogen-bond donors (Lipinski definition) is 0. The van der Waals surface area contributed by atoms with E-state index in [1.807, 2.05) is 44.2 Å². The maximum atomic E-state index is 12.7. The number of para-hydroxylation sites is 1. The van der Waals surface area contributed by atoms with Gasteiger partial charge in [0.25, 0.3) is 5.91 Å². The van der Waals surface area contributed by atoms with Gasteiger partial charge in [0, 0.05) is 0 Å². The molecule has 106 valence electrons. The van der Waals surface area contributed by atoms with Crippen LogP contribution in [0, 0.1) is 5.92 Å². The number of benzene rings is 1. The lowest BCUT2D eigenvalue weighted by Gasteiger charge is -2.26. The zero-order valence-electron chi connectivity index (χ0n) is 11.5. The average Bonchev–Trinajstić information content (AvgIpc) is 3.00. The molecule has 0 aliphatic heterocycles. The van der Waals surface area contributed by atoms with Gasteiger partial charge in [-0.25, -0.2) is 9.69 Å². The van der Waals surface area contributed by atoms with Gasteiger partial charge in [0.05, 0.1) is 5.69 Å². The van der Waals surface area contributed by atoms with Crippen molar-refractivity contribution < 1.29 is 4.79 Å². The molecule has 0 saturated carbocycles. The molecular formula is C14H17ClN4O. The lowest BCUT2D eigenvalue weighted by Crippen LogP contribution is -2.42. The second kappa shape index (κ2) is 6.52. The second-order valence-electron chi connectivity index (χ2n) is 4.61. The fourth-order valence-electron chi connectivity index (χ4n) is 1.81. The van der Waals surface area contributed by atoms with Crippen LogP contribution in [0.25, 0.3) is 0 Å². The maximum absolute atomic E-state index is 12.7. The van der Waals surface area contributed by atoms with Crippen LogP contribution in [0.4, 0.5) is 5.69 Å². The van der Waals surface area contributed by atoms with E-state index in [0.29, 0.717) is 0 Å². The first-order chi connectivity index (χ1) is 9.65. The molecule has 1 aromatic carbocycles. The van der Waals surface area contributed by atoms with Crippen molar-refractivity contribution in [2.75, 3.05) is 5.01 Å². The lowest BCUT2D eigenvalue weighted by atomic mass is 10.0. The number of rotatable bonds is 5. The molecule has 1 aromatic heterocycles. The number of carbonyl (C=O) groups excluding carboxylic acids is 1. The Bertz CT molecular complexity index is 544. The highest BCUT2D eigenvalue weighted by Gasteiger charge is 2.28. The molecule has 2 aromatic rings. The summed E-state index contributed by atoms with van der Waals surface area (Å²) in [4.78, 5) is 12.7. The van der Waals surface area contributed by atoms with Gasteiger partial charge in [-0.1, -0.05) is 38.5 Å². The SMILES string of the molecule is CCC(C)C(Cl)C(=O)N(c1ccccc1)n1cnnc1. The Morgan fingerprint density at radius 1 is 1.30 bits per heavy atom. The summed E-state index contributed by atoms with van der Waals surface area (Å²) >= 11 is 6.30. The first kappa shape index (κ1) is 14.5. The zero-order chi connectivity index (χ0) is 14.5. The van der Waals surface area contributed by atoms with Gasteiger partial charge >= 0.3 is 0 Å². The molecule has 2 rings (SSSR count). The largest absolute Gasteiger partial charge is 0.271 e. The topological polar surface area (TPSA) is 51.0 Å². The van der Waals surface area contributed by atoms with Gasteiger partial charge in [-0.05, 0) is 18.1 Å². The number of nitrogens with zero attached hydrogens (tertiary/aromatic N) is 4. The molecule has 0 N–H and O–H groups in total. The fraction of sp³-hybridized carbons (Fsp3) is 0.357. The molecular weight excluding hydrogens is 276 g/mol. The summed E-state index contributed by atoms with van der Waals surface area (Å²) in [6.45, 7) is 3.98. The molecule has 0 spiro atoms. The highest BCUT2D eigenvalue weighted by atomic mass is 35.5. The van der Waals surface area contributed by atoms with Crippen molar-refractivity contribution in [3.63, 3.8) is 0 Å². The van der Waals surface area contributed by atoms with E-state index >= 15 is 0 Å². The van der Waals surface area contributed by atoms with Crippen LogP contribution in [-0.4, -0.2) is 26.2 Å². The van der Waals surface area contributed by atoms with E-state index in [-0.39, 0.29) is 11.8 Å². The Hall–Kier alpha value is -1.88. The molecule has 0 aliphatic rings. The van der Waals surface area contributed by atoms with Crippen molar-refractivity contribution in [3.8, 4) is 0 Å². The van der Waals surface area contributed by atoms with Crippen molar-refractivity contribution >= 4 is 23.2 Å². The summed E-state index contributed by atoms with van der Waals surface area (Å²) in [6, 6.07) is 9.32. The Morgan fingerprint density at radius 3 is 2.45 bits per heavy atom. The van der Waals surface area contributed by atoms with Crippen LogP contribution in [0.2, 0.25) is 0 Å². The summed E-state index contributed by atoms with van der Waals surface area (Å²) in [5.74, 6) is -0.0983. The number of alkyl halides is 1. The van der Waals surface area contributed by atoms with Crippen LogP contribution in [0.15, 0.2) is 43.0 Å². The van der Waals surface area contributed by atoms with Gasteiger partial charge in [-0.3, -0.25) is 4.79 Å². The van der Waals surface area contributed by atoms with Gasteiger partial charge in [0.2, 0.25) is 0 Å². The van der Waals surface area contributed by atoms with Gasteiger partial charge in [-0.2, -0.15) is 0 Å². The quantitative estimate of drug-likeness (QED) is 0.796. The van der Waals surface area contributed by atoms with E-state index < -0.39 is 5.38 Å². The van der Waals surface area contributed by atoms with Crippen molar-refractivity contribution in [2.45, 2.75) is 25.6 Å². The molecule has 2 atom stereocenters. The van der Waals surface area contributed by atoms with Crippen molar-refractivity contribution in [1.82, 2.24) is 14.9 Å². The Balaban J connectivity index is 2.36. The first-order valence-electron chi connectivity index (χ1n) is 6.53. The standard InChI is InChI=1S/C14H17ClN4O/c1-3-11(2)13(15)14(20)19(18-9-16-17-10-18)12-7-5-4-6-8-12/h4-11,13H,3H2,1-2H3. The molecule has 1 amide bonds. The number of carbonyl (C=O) groups is 1. The Kier molecular flexibility index (Phi) is 4.74. The molecule has 0 fully saturated rings. The Morgan fingerprint density at radius 2 is 1.90 bits per heavy atom. The number of aromatic nitrogens is 3. The molecule has 2 unspecified atom stereocenters. The van der Waals surface area contributed by atoms with Crippen molar-refractivity contribution in [3.05, 3.63) is 43.0 Å². The molecule has 20 heavy (non-hydrogen) atoms. The normalized spacial score (nSPS) is 13.8. The minimum Gasteiger partial charge on any atom is -0.271 e. The molecule has 5 nitrogen and oxygen atoms in total. The summed E-state index contributed by atoms with van der Waals surface area (Å²) < 4.78 is 1.54. The fourth-order valence-corrected chi connectivity index (χ4v) is 2.08. The number of hydrogen-bond acceptors (Lipinski definition) is 3. The summed E-state index contributed by atoms with van der Waals surface area (Å²) in [5.41, 5.74) is 0.728. The van der Waals surface area contributed by atoms with Gasteiger partial charge in [0.1, 0.15) is 18.0 Å². The summed E-state index contributed by atoms with van der Waals surface area (Å²) in [6.07, 6.45) is 3.79.